The second-order valence-corrected chi connectivity index (χ2v) is 5.46. The van der Waals surface area contributed by atoms with Crippen molar-refractivity contribution in [2.24, 2.45) is 0 Å². The van der Waals surface area contributed by atoms with Gasteiger partial charge in [-0.15, -0.1) is 0 Å². The van der Waals surface area contributed by atoms with E-state index >= 15 is 0 Å². The van der Waals surface area contributed by atoms with E-state index in [-0.39, 0.29) is 17.1 Å². The maximum atomic E-state index is 12.0. The molecule has 105 valence electrons. The molecule has 0 spiro atoms. The molecule has 0 bridgehead atoms. The van der Waals surface area contributed by atoms with Crippen LogP contribution in [0.4, 0.5) is 0 Å². The average molecular weight is 344 g/mol. The summed E-state index contributed by atoms with van der Waals surface area (Å²) in [6, 6.07) is 6.78. The fourth-order valence-corrected chi connectivity index (χ4v) is 2.29. The summed E-state index contributed by atoms with van der Waals surface area (Å²) in [5.74, 6) is -1.77. The molecule has 5 nitrogen and oxygen atoms in total. The third-order valence-electron chi connectivity index (χ3n) is 2.78. The van der Waals surface area contributed by atoms with E-state index in [1.807, 2.05) is 0 Å². The van der Waals surface area contributed by atoms with E-state index in [4.69, 9.17) is 0 Å². The average Bonchev–Trinajstić information content (AvgIpc) is 2.39. The van der Waals surface area contributed by atoms with Crippen LogP contribution in [0.1, 0.15) is 15.9 Å². The number of rotatable bonds is 3. The molecule has 4 N–H and O–H groups in total. The molecule has 0 saturated heterocycles. The van der Waals surface area contributed by atoms with Crippen molar-refractivity contribution in [3.63, 3.8) is 0 Å². The standard InChI is InChI=1S/C15H11GeO5/c16-10-5-8(1-3-11(10)18)2-4-12(19)15-13(20)6-9(17)7-14(15)21/h1-7,17-18,20-21H. The van der Waals surface area contributed by atoms with Gasteiger partial charge < -0.3 is 0 Å². The van der Waals surface area contributed by atoms with E-state index in [0.29, 0.717) is 9.96 Å². The van der Waals surface area contributed by atoms with Gasteiger partial charge in [0.1, 0.15) is 0 Å². The van der Waals surface area contributed by atoms with Crippen molar-refractivity contribution in [1.29, 1.82) is 0 Å². The van der Waals surface area contributed by atoms with Gasteiger partial charge in [0.2, 0.25) is 0 Å². The SMILES string of the molecule is O=C(C=Cc1ccc(O)[c]([Ge])c1)c1c(O)cc(O)cc1O. The molecule has 21 heavy (non-hydrogen) atoms. The normalized spacial score (nSPS) is 10.9. The number of hydrogen-bond donors (Lipinski definition) is 4. The van der Waals surface area contributed by atoms with E-state index in [1.165, 1.54) is 18.2 Å². The summed E-state index contributed by atoms with van der Waals surface area (Å²) in [6.07, 6.45) is 2.69. The fourth-order valence-electron chi connectivity index (χ4n) is 1.76. The Morgan fingerprint density at radius 1 is 0.952 bits per heavy atom. The molecule has 0 saturated carbocycles. The number of phenols is 4. The van der Waals surface area contributed by atoms with Crippen LogP contribution in [0.25, 0.3) is 6.08 Å². The molecule has 2 rings (SSSR count). The number of hydrogen-bond acceptors (Lipinski definition) is 5. The first kappa shape index (κ1) is 15.0. The van der Waals surface area contributed by atoms with Gasteiger partial charge in [-0.25, -0.2) is 0 Å². The summed E-state index contributed by atoms with van der Waals surface area (Å²) in [4.78, 5) is 12.0. The second-order valence-electron chi connectivity index (χ2n) is 4.33. The zero-order valence-electron chi connectivity index (χ0n) is 10.7. The van der Waals surface area contributed by atoms with Crippen LogP contribution in [0.15, 0.2) is 36.4 Å². The molecule has 0 fully saturated rings. The van der Waals surface area contributed by atoms with Crippen molar-refractivity contribution in [2.75, 3.05) is 0 Å². The van der Waals surface area contributed by atoms with Gasteiger partial charge in [-0.1, -0.05) is 0 Å². The Labute approximate surface area is 129 Å². The summed E-state index contributed by atoms with van der Waals surface area (Å²) in [5, 5.41) is 37.8. The van der Waals surface area contributed by atoms with E-state index in [1.54, 1.807) is 28.6 Å². The van der Waals surface area contributed by atoms with Gasteiger partial charge in [0, 0.05) is 0 Å². The van der Waals surface area contributed by atoms with Crippen LogP contribution in [0.3, 0.4) is 0 Å². The topological polar surface area (TPSA) is 98.0 Å². The number of carbonyl (C=O) groups is 1. The molecule has 2 aromatic carbocycles. The maximum absolute atomic E-state index is 12.0. The zero-order chi connectivity index (χ0) is 15.6. The minimum absolute atomic E-state index is 0.160. The van der Waals surface area contributed by atoms with Gasteiger partial charge in [0.05, 0.1) is 0 Å². The predicted octanol–water partition coefficient (Wildman–Crippen LogP) is 1.20. The van der Waals surface area contributed by atoms with Gasteiger partial charge >= 0.3 is 129 Å². The van der Waals surface area contributed by atoms with Crippen molar-refractivity contribution < 1.29 is 25.2 Å². The molecule has 2 aromatic rings. The molecule has 3 radical (unpaired) electrons. The van der Waals surface area contributed by atoms with Gasteiger partial charge in [-0.05, 0) is 0 Å². The Balaban J connectivity index is 2.29. The first-order chi connectivity index (χ1) is 9.88. The molecule has 0 heterocycles. The van der Waals surface area contributed by atoms with Crippen LogP contribution in [0, 0.1) is 0 Å². The monoisotopic (exact) mass is 345 g/mol. The van der Waals surface area contributed by atoms with E-state index in [2.05, 4.69) is 0 Å². The number of phenolic OH excluding ortho intramolecular Hbond substituents is 4. The van der Waals surface area contributed by atoms with Gasteiger partial charge in [0.15, 0.2) is 0 Å². The minimum atomic E-state index is -0.601. The Kier molecular flexibility index (Phi) is 4.23. The molecule has 0 aliphatic rings. The molecule has 0 atom stereocenters. The van der Waals surface area contributed by atoms with E-state index in [0.717, 1.165) is 12.1 Å². The van der Waals surface area contributed by atoms with Crippen LogP contribution in [0.2, 0.25) is 0 Å². The number of ketones is 1. The number of aromatic hydroxyl groups is 4. The predicted molar refractivity (Wildman–Crippen MR) is 78.3 cm³/mol. The Morgan fingerprint density at radius 2 is 1.57 bits per heavy atom. The van der Waals surface area contributed by atoms with Crippen molar-refractivity contribution in [3.05, 3.63) is 47.5 Å². The Morgan fingerprint density at radius 3 is 2.14 bits per heavy atom. The molecule has 0 aliphatic carbocycles. The Hall–Kier alpha value is -2.41. The molecule has 6 heteroatoms. The van der Waals surface area contributed by atoms with Gasteiger partial charge in [-0.2, -0.15) is 0 Å². The van der Waals surface area contributed by atoms with Crippen molar-refractivity contribution >= 4 is 32.8 Å². The van der Waals surface area contributed by atoms with Crippen LogP contribution in [0.5, 0.6) is 23.0 Å². The van der Waals surface area contributed by atoms with Gasteiger partial charge in [0.25, 0.3) is 0 Å². The first-order valence-corrected chi connectivity index (χ1v) is 6.95. The van der Waals surface area contributed by atoms with Gasteiger partial charge in [-0.3, -0.25) is 0 Å². The molecular formula is C15H11GeO5. The fraction of sp³-hybridized carbons (Fsp3) is 0. The van der Waals surface area contributed by atoms with Crippen LogP contribution in [-0.2, 0) is 0 Å². The third-order valence-corrected chi connectivity index (χ3v) is 3.62. The van der Waals surface area contributed by atoms with Crippen LogP contribution < -0.4 is 4.40 Å². The molecule has 0 aliphatic heterocycles. The zero-order valence-corrected chi connectivity index (χ0v) is 12.8. The summed E-state index contributed by atoms with van der Waals surface area (Å²) in [7, 11) is 0. The Bertz CT molecular complexity index is 714. The number of benzene rings is 2. The first-order valence-electron chi connectivity index (χ1n) is 5.90. The number of allylic oxidation sites excluding steroid dienone is 1. The third kappa shape index (κ3) is 3.38. The van der Waals surface area contributed by atoms with Crippen molar-refractivity contribution in [2.45, 2.75) is 0 Å². The van der Waals surface area contributed by atoms with E-state index < -0.39 is 17.3 Å². The summed E-state index contributed by atoms with van der Waals surface area (Å²) in [5.41, 5.74) is 0.413. The molecule has 0 aromatic heterocycles. The second kappa shape index (κ2) is 5.92. The molecule has 0 amide bonds. The van der Waals surface area contributed by atoms with Crippen molar-refractivity contribution in [1.82, 2.24) is 0 Å². The summed E-state index contributed by atoms with van der Waals surface area (Å²) >= 11 is 1.73. The summed E-state index contributed by atoms with van der Waals surface area (Å²) < 4.78 is 0.667. The molecular weight excluding hydrogens is 333 g/mol. The van der Waals surface area contributed by atoms with E-state index in [9.17, 15) is 25.2 Å². The quantitative estimate of drug-likeness (QED) is 0.381. The molecule has 0 unspecified atom stereocenters. The van der Waals surface area contributed by atoms with Crippen LogP contribution >= 0.6 is 0 Å². The number of carbonyl (C=O) groups excluding carboxylic acids is 1. The van der Waals surface area contributed by atoms with Crippen molar-refractivity contribution in [3.8, 4) is 23.0 Å². The summed E-state index contributed by atoms with van der Waals surface area (Å²) in [6.45, 7) is 0. The van der Waals surface area contributed by atoms with Crippen LogP contribution in [-0.4, -0.2) is 42.7 Å².